The van der Waals surface area contributed by atoms with Crippen molar-refractivity contribution in [3.05, 3.63) is 29.8 Å². The molecule has 0 bridgehead atoms. The average Bonchev–Trinajstić information content (AvgIpc) is 2.91. The normalized spacial score (nSPS) is 17.6. The smallest absolute Gasteiger partial charge is 0.308 e. The van der Waals surface area contributed by atoms with Crippen molar-refractivity contribution in [1.82, 2.24) is 4.90 Å². The van der Waals surface area contributed by atoms with E-state index in [1.54, 1.807) is 29.2 Å². The molecule has 2 amide bonds. The second kappa shape index (κ2) is 6.60. The molecule has 1 heterocycles. The average molecular weight is 304 g/mol. The molecule has 1 N–H and O–H groups in total. The number of nitrogens with zero attached hydrogens (tertiary/aromatic N) is 2. The van der Waals surface area contributed by atoms with Crippen LogP contribution in [-0.2, 0) is 9.59 Å². The summed E-state index contributed by atoms with van der Waals surface area (Å²) in [5.74, 6) is -1.96. The number of amides is 2. The summed E-state index contributed by atoms with van der Waals surface area (Å²) in [5.41, 5.74) is 1.08. The van der Waals surface area contributed by atoms with Crippen LogP contribution in [0.2, 0.25) is 0 Å². The minimum Gasteiger partial charge on any atom is -0.481 e. The summed E-state index contributed by atoms with van der Waals surface area (Å²) >= 11 is 0. The topological polar surface area (TPSA) is 77.9 Å². The second-order valence-corrected chi connectivity index (χ2v) is 5.27. The van der Waals surface area contributed by atoms with Gasteiger partial charge in [0, 0.05) is 37.3 Å². The second-order valence-electron chi connectivity index (χ2n) is 5.27. The standard InChI is InChI=1S/C16H20N2O4/c1-3-17(4-2)15(20)11-6-5-7-13(8-11)18-10-12(16(21)22)9-14(18)19/h5-8,12H,3-4,9-10H2,1-2H3,(H,21,22). The molecule has 1 aliphatic rings. The van der Waals surface area contributed by atoms with Crippen molar-refractivity contribution in [2.45, 2.75) is 20.3 Å². The minimum absolute atomic E-state index is 0.00352. The van der Waals surface area contributed by atoms with Crippen molar-refractivity contribution in [3.63, 3.8) is 0 Å². The highest BCUT2D eigenvalue weighted by molar-refractivity contribution is 6.01. The van der Waals surface area contributed by atoms with E-state index >= 15 is 0 Å². The van der Waals surface area contributed by atoms with E-state index in [1.807, 2.05) is 13.8 Å². The maximum atomic E-state index is 12.4. The maximum absolute atomic E-state index is 12.4. The first-order valence-electron chi connectivity index (χ1n) is 7.40. The van der Waals surface area contributed by atoms with Crippen LogP contribution in [0.1, 0.15) is 30.6 Å². The number of carboxylic acid groups (broad SMARTS) is 1. The van der Waals surface area contributed by atoms with E-state index in [0.29, 0.717) is 24.3 Å². The highest BCUT2D eigenvalue weighted by atomic mass is 16.4. The van der Waals surface area contributed by atoms with Gasteiger partial charge in [-0.15, -0.1) is 0 Å². The van der Waals surface area contributed by atoms with Crippen LogP contribution in [0.3, 0.4) is 0 Å². The summed E-state index contributed by atoms with van der Waals surface area (Å²) in [6.07, 6.45) is 0.00352. The Bertz CT molecular complexity index is 596. The summed E-state index contributed by atoms with van der Waals surface area (Å²) in [6.45, 7) is 5.20. The molecule has 6 heteroatoms. The first-order valence-corrected chi connectivity index (χ1v) is 7.40. The number of hydrogen-bond donors (Lipinski definition) is 1. The van der Waals surface area contributed by atoms with Gasteiger partial charge in [0.2, 0.25) is 5.91 Å². The van der Waals surface area contributed by atoms with E-state index in [0.717, 1.165) is 0 Å². The lowest BCUT2D eigenvalue weighted by Crippen LogP contribution is -2.31. The van der Waals surface area contributed by atoms with Crippen LogP contribution in [0.5, 0.6) is 0 Å². The fourth-order valence-electron chi connectivity index (χ4n) is 2.62. The molecular weight excluding hydrogens is 284 g/mol. The maximum Gasteiger partial charge on any atom is 0.308 e. The fraction of sp³-hybridized carbons (Fsp3) is 0.438. The van der Waals surface area contributed by atoms with Crippen LogP contribution >= 0.6 is 0 Å². The van der Waals surface area contributed by atoms with Gasteiger partial charge in [0.1, 0.15) is 0 Å². The number of carboxylic acids is 1. The van der Waals surface area contributed by atoms with Gasteiger partial charge in [0.05, 0.1) is 5.92 Å². The predicted molar refractivity (Wildman–Crippen MR) is 81.8 cm³/mol. The van der Waals surface area contributed by atoms with Gasteiger partial charge in [0.25, 0.3) is 5.91 Å². The van der Waals surface area contributed by atoms with Crippen LogP contribution in [0.4, 0.5) is 5.69 Å². The molecule has 0 radical (unpaired) electrons. The summed E-state index contributed by atoms with van der Waals surface area (Å²) < 4.78 is 0. The zero-order chi connectivity index (χ0) is 16.3. The highest BCUT2D eigenvalue weighted by Crippen LogP contribution is 2.26. The van der Waals surface area contributed by atoms with Gasteiger partial charge < -0.3 is 14.9 Å². The molecular formula is C16H20N2O4. The van der Waals surface area contributed by atoms with E-state index in [2.05, 4.69) is 0 Å². The number of benzene rings is 1. The molecule has 1 aliphatic heterocycles. The lowest BCUT2D eigenvalue weighted by atomic mass is 10.1. The third kappa shape index (κ3) is 3.10. The van der Waals surface area contributed by atoms with Crippen LogP contribution in [0.15, 0.2) is 24.3 Å². The SMILES string of the molecule is CCN(CC)C(=O)c1cccc(N2CC(C(=O)O)CC2=O)c1. The van der Waals surface area contributed by atoms with Crippen molar-refractivity contribution in [3.8, 4) is 0 Å². The van der Waals surface area contributed by atoms with Crippen LogP contribution < -0.4 is 4.90 Å². The molecule has 1 atom stereocenters. The molecule has 0 aromatic heterocycles. The molecule has 0 saturated carbocycles. The summed E-state index contributed by atoms with van der Waals surface area (Å²) in [5, 5.41) is 9.04. The number of carbonyl (C=O) groups is 3. The largest absolute Gasteiger partial charge is 0.481 e. The zero-order valence-corrected chi connectivity index (χ0v) is 12.8. The molecule has 118 valence electrons. The third-order valence-corrected chi connectivity index (χ3v) is 3.93. The van der Waals surface area contributed by atoms with Crippen LogP contribution in [0, 0.1) is 5.92 Å². The van der Waals surface area contributed by atoms with Gasteiger partial charge in [-0.3, -0.25) is 14.4 Å². The molecule has 0 spiro atoms. The van der Waals surface area contributed by atoms with Crippen LogP contribution in [0.25, 0.3) is 0 Å². The Morgan fingerprint density at radius 3 is 2.55 bits per heavy atom. The summed E-state index contributed by atoms with van der Waals surface area (Å²) in [6, 6.07) is 6.80. The molecule has 1 aromatic carbocycles. The Morgan fingerprint density at radius 1 is 1.32 bits per heavy atom. The molecule has 1 unspecified atom stereocenters. The van der Waals surface area contributed by atoms with Gasteiger partial charge in [-0.2, -0.15) is 0 Å². The van der Waals surface area contributed by atoms with Gasteiger partial charge in [-0.25, -0.2) is 0 Å². The Kier molecular flexibility index (Phi) is 4.80. The van der Waals surface area contributed by atoms with Crippen molar-refractivity contribution in [2.24, 2.45) is 5.92 Å². The number of rotatable bonds is 5. The Labute approximate surface area is 129 Å². The molecule has 0 aliphatic carbocycles. The van der Waals surface area contributed by atoms with Crippen molar-refractivity contribution in [1.29, 1.82) is 0 Å². The van der Waals surface area contributed by atoms with E-state index in [4.69, 9.17) is 5.11 Å². The molecule has 1 saturated heterocycles. The quantitative estimate of drug-likeness (QED) is 0.896. The van der Waals surface area contributed by atoms with E-state index in [1.165, 1.54) is 4.90 Å². The van der Waals surface area contributed by atoms with Crippen molar-refractivity contribution < 1.29 is 19.5 Å². The third-order valence-electron chi connectivity index (χ3n) is 3.93. The van der Waals surface area contributed by atoms with E-state index in [-0.39, 0.29) is 24.8 Å². The predicted octanol–water partition coefficient (Wildman–Crippen LogP) is 1.61. The first kappa shape index (κ1) is 16.0. The van der Waals surface area contributed by atoms with Gasteiger partial charge in [-0.1, -0.05) is 6.07 Å². The van der Waals surface area contributed by atoms with Crippen LogP contribution in [-0.4, -0.2) is 47.4 Å². The summed E-state index contributed by atoms with van der Waals surface area (Å²) in [7, 11) is 0. The Morgan fingerprint density at radius 2 is 2.00 bits per heavy atom. The summed E-state index contributed by atoms with van der Waals surface area (Å²) in [4.78, 5) is 38.5. The fourth-order valence-corrected chi connectivity index (χ4v) is 2.62. The first-order chi connectivity index (χ1) is 10.5. The minimum atomic E-state index is -0.966. The molecule has 22 heavy (non-hydrogen) atoms. The van der Waals surface area contributed by atoms with E-state index < -0.39 is 11.9 Å². The van der Waals surface area contributed by atoms with Crippen molar-refractivity contribution >= 4 is 23.5 Å². The van der Waals surface area contributed by atoms with E-state index in [9.17, 15) is 14.4 Å². The zero-order valence-electron chi connectivity index (χ0n) is 12.8. The lowest BCUT2D eigenvalue weighted by molar-refractivity contribution is -0.141. The monoisotopic (exact) mass is 304 g/mol. The van der Waals surface area contributed by atoms with Gasteiger partial charge >= 0.3 is 5.97 Å². The number of hydrogen-bond acceptors (Lipinski definition) is 3. The Balaban J connectivity index is 2.24. The lowest BCUT2D eigenvalue weighted by Gasteiger charge is -2.21. The molecule has 6 nitrogen and oxygen atoms in total. The number of anilines is 1. The van der Waals surface area contributed by atoms with Crippen molar-refractivity contribution in [2.75, 3.05) is 24.5 Å². The van der Waals surface area contributed by atoms with Gasteiger partial charge in [0.15, 0.2) is 0 Å². The number of aliphatic carboxylic acids is 1. The molecule has 2 rings (SSSR count). The Hall–Kier alpha value is -2.37. The van der Waals surface area contributed by atoms with Gasteiger partial charge in [-0.05, 0) is 32.0 Å². The molecule has 1 aromatic rings. The number of carbonyl (C=O) groups excluding carboxylic acids is 2. The highest BCUT2D eigenvalue weighted by Gasteiger charge is 2.35. The molecule has 1 fully saturated rings.